The van der Waals surface area contributed by atoms with E-state index < -0.39 is 0 Å². The van der Waals surface area contributed by atoms with Gasteiger partial charge in [0.25, 0.3) is 0 Å². The van der Waals surface area contributed by atoms with Gasteiger partial charge >= 0.3 is 0 Å². The van der Waals surface area contributed by atoms with Crippen molar-refractivity contribution < 1.29 is 0 Å². The zero-order valence-corrected chi connectivity index (χ0v) is 13.2. The summed E-state index contributed by atoms with van der Waals surface area (Å²) in [6.45, 7) is 9.57. The van der Waals surface area contributed by atoms with E-state index in [0.29, 0.717) is 18.4 Å². The monoisotopic (exact) mass is 276 g/mol. The largest absolute Gasteiger partial charge is 0.383 e. The number of anilines is 1. The molecular formula is C14H24N6. The number of hydrogen-bond acceptors (Lipinski definition) is 5. The van der Waals surface area contributed by atoms with Gasteiger partial charge in [-0.3, -0.25) is 9.58 Å². The van der Waals surface area contributed by atoms with Gasteiger partial charge in [0, 0.05) is 13.1 Å². The Bertz CT molecular complexity index is 610. The lowest BCUT2D eigenvalue weighted by Gasteiger charge is -2.34. The van der Waals surface area contributed by atoms with Crippen molar-refractivity contribution in [1.29, 1.82) is 0 Å². The molecular weight excluding hydrogens is 252 g/mol. The van der Waals surface area contributed by atoms with Crippen LogP contribution in [0.15, 0.2) is 6.20 Å². The molecule has 0 saturated carbocycles. The molecule has 2 N–H and O–H groups in total. The van der Waals surface area contributed by atoms with Crippen molar-refractivity contribution in [2.75, 3.05) is 12.8 Å². The van der Waals surface area contributed by atoms with Gasteiger partial charge < -0.3 is 5.73 Å². The fourth-order valence-corrected chi connectivity index (χ4v) is 2.18. The van der Waals surface area contributed by atoms with E-state index in [1.807, 2.05) is 7.05 Å². The third-order valence-corrected chi connectivity index (χ3v) is 3.97. The Morgan fingerprint density at radius 1 is 1.35 bits per heavy atom. The topological polar surface area (TPSA) is 72.9 Å². The highest BCUT2D eigenvalue weighted by molar-refractivity contribution is 5.84. The van der Waals surface area contributed by atoms with Gasteiger partial charge in [-0.05, 0) is 19.4 Å². The van der Waals surface area contributed by atoms with E-state index >= 15 is 0 Å². The highest BCUT2D eigenvalue weighted by Gasteiger charge is 2.24. The van der Waals surface area contributed by atoms with Crippen LogP contribution in [0.4, 0.5) is 5.82 Å². The highest BCUT2D eigenvalue weighted by atomic mass is 15.3. The first kappa shape index (κ1) is 14.7. The van der Waals surface area contributed by atoms with E-state index in [-0.39, 0.29) is 5.41 Å². The van der Waals surface area contributed by atoms with Gasteiger partial charge in [0.1, 0.15) is 11.6 Å². The Labute approximate surface area is 120 Å². The first-order valence-corrected chi connectivity index (χ1v) is 6.84. The molecule has 2 heterocycles. The maximum atomic E-state index is 5.99. The van der Waals surface area contributed by atoms with Gasteiger partial charge in [-0.25, -0.2) is 9.97 Å². The molecule has 1 unspecified atom stereocenters. The molecule has 1 atom stereocenters. The molecule has 2 aromatic heterocycles. The predicted octanol–water partition coefficient (Wildman–Crippen LogP) is 1.81. The average molecular weight is 276 g/mol. The van der Waals surface area contributed by atoms with E-state index in [9.17, 15) is 0 Å². The van der Waals surface area contributed by atoms with Crippen LogP contribution in [0.2, 0.25) is 0 Å². The van der Waals surface area contributed by atoms with Gasteiger partial charge in [0.05, 0.1) is 18.1 Å². The summed E-state index contributed by atoms with van der Waals surface area (Å²) in [6, 6.07) is 0.412. The molecule has 0 saturated heterocycles. The summed E-state index contributed by atoms with van der Waals surface area (Å²) < 4.78 is 1.73. The minimum absolute atomic E-state index is 0.205. The van der Waals surface area contributed by atoms with E-state index in [1.54, 1.807) is 10.9 Å². The number of nitrogens with zero attached hydrogens (tertiary/aromatic N) is 5. The van der Waals surface area contributed by atoms with Crippen molar-refractivity contribution in [3.63, 3.8) is 0 Å². The van der Waals surface area contributed by atoms with E-state index in [4.69, 9.17) is 5.73 Å². The summed E-state index contributed by atoms with van der Waals surface area (Å²) in [4.78, 5) is 11.2. The zero-order valence-electron chi connectivity index (χ0n) is 13.2. The van der Waals surface area contributed by atoms with Crippen molar-refractivity contribution in [3.05, 3.63) is 12.0 Å². The molecule has 0 bridgehead atoms. The lowest BCUT2D eigenvalue weighted by Crippen LogP contribution is -2.39. The van der Waals surface area contributed by atoms with Gasteiger partial charge in [-0.1, -0.05) is 20.8 Å². The Morgan fingerprint density at radius 2 is 2.00 bits per heavy atom. The Balaban J connectivity index is 2.28. The van der Waals surface area contributed by atoms with Crippen molar-refractivity contribution in [2.24, 2.45) is 12.5 Å². The Hall–Kier alpha value is -1.69. The van der Waals surface area contributed by atoms with E-state index in [1.165, 1.54) is 0 Å². The van der Waals surface area contributed by atoms with Crippen molar-refractivity contribution in [1.82, 2.24) is 24.6 Å². The molecule has 2 aromatic rings. The number of hydrogen-bond donors (Lipinski definition) is 1. The Kier molecular flexibility index (Phi) is 3.69. The summed E-state index contributed by atoms with van der Waals surface area (Å²) >= 11 is 0. The standard InChI is InChI=1S/C14H24N6/c1-9(14(2,3)4)19(5)8-11-17-12(15)10-7-16-20(6)13(10)18-11/h7,9H,8H2,1-6H3,(H2,15,17,18). The van der Waals surface area contributed by atoms with Crippen LogP contribution >= 0.6 is 0 Å². The lowest BCUT2D eigenvalue weighted by molar-refractivity contribution is 0.132. The first-order chi connectivity index (χ1) is 9.20. The van der Waals surface area contributed by atoms with E-state index in [0.717, 1.165) is 16.9 Å². The number of aromatic nitrogens is 4. The van der Waals surface area contributed by atoms with Gasteiger partial charge in [-0.15, -0.1) is 0 Å². The minimum Gasteiger partial charge on any atom is -0.383 e. The number of rotatable bonds is 3. The van der Waals surface area contributed by atoms with Crippen LogP contribution < -0.4 is 5.73 Å². The van der Waals surface area contributed by atoms with Gasteiger partial charge in [-0.2, -0.15) is 5.10 Å². The fourth-order valence-electron chi connectivity index (χ4n) is 2.18. The Morgan fingerprint density at radius 3 is 2.60 bits per heavy atom. The predicted molar refractivity (Wildman–Crippen MR) is 81.1 cm³/mol. The smallest absolute Gasteiger partial charge is 0.163 e. The molecule has 2 rings (SSSR count). The van der Waals surface area contributed by atoms with Crippen LogP contribution in [0, 0.1) is 5.41 Å². The molecule has 6 nitrogen and oxygen atoms in total. The van der Waals surface area contributed by atoms with E-state index in [2.05, 4.69) is 54.7 Å². The quantitative estimate of drug-likeness (QED) is 0.925. The van der Waals surface area contributed by atoms with Gasteiger partial charge in [0.15, 0.2) is 5.65 Å². The molecule has 0 spiro atoms. The van der Waals surface area contributed by atoms with Crippen LogP contribution in [-0.2, 0) is 13.6 Å². The summed E-state index contributed by atoms with van der Waals surface area (Å²) in [5, 5.41) is 4.98. The molecule has 0 aliphatic carbocycles. The SMILES string of the molecule is CC(N(C)Cc1nc(N)c2cnn(C)c2n1)C(C)(C)C. The van der Waals surface area contributed by atoms with Crippen LogP contribution in [0.5, 0.6) is 0 Å². The molecule has 0 aliphatic rings. The molecule has 0 amide bonds. The van der Waals surface area contributed by atoms with Gasteiger partial charge in [0.2, 0.25) is 0 Å². The summed E-state index contributed by atoms with van der Waals surface area (Å²) in [6.07, 6.45) is 1.70. The van der Waals surface area contributed by atoms with Crippen LogP contribution in [-0.4, -0.2) is 37.7 Å². The van der Waals surface area contributed by atoms with Crippen molar-refractivity contribution in [3.8, 4) is 0 Å². The third-order valence-electron chi connectivity index (χ3n) is 3.97. The second-order valence-electron chi connectivity index (χ2n) is 6.49. The molecule has 0 aliphatic heterocycles. The second kappa shape index (κ2) is 5.01. The third kappa shape index (κ3) is 2.75. The molecule has 0 radical (unpaired) electrons. The zero-order chi connectivity index (χ0) is 15.1. The summed E-state index contributed by atoms with van der Waals surface area (Å²) in [5.41, 5.74) is 6.97. The molecule has 20 heavy (non-hydrogen) atoms. The summed E-state index contributed by atoms with van der Waals surface area (Å²) in [7, 11) is 3.95. The maximum Gasteiger partial charge on any atom is 0.163 e. The lowest BCUT2D eigenvalue weighted by atomic mass is 9.87. The second-order valence-corrected chi connectivity index (χ2v) is 6.49. The minimum atomic E-state index is 0.205. The molecule has 0 fully saturated rings. The maximum absolute atomic E-state index is 5.99. The van der Waals surface area contributed by atoms with Crippen molar-refractivity contribution >= 4 is 16.9 Å². The van der Waals surface area contributed by atoms with Crippen LogP contribution in [0.25, 0.3) is 11.0 Å². The highest BCUT2D eigenvalue weighted by Crippen LogP contribution is 2.24. The number of nitrogen functional groups attached to an aromatic ring is 1. The number of nitrogens with two attached hydrogens (primary N) is 1. The van der Waals surface area contributed by atoms with Crippen molar-refractivity contribution in [2.45, 2.75) is 40.3 Å². The fraction of sp³-hybridized carbons (Fsp3) is 0.643. The molecule has 6 heteroatoms. The van der Waals surface area contributed by atoms with Crippen LogP contribution in [0.1, 0.15) is 33.5 Å². The summed E-state index contributed by atoms with van der Waals surface area (Å²) in [5.74, 6) is 1.23. The first-order valence-electron chi connectivity index (χ1n) is 6.84. The number of fused-ring (bicyclic) bond motifs is 1. The number of aryl methyl sites for hydroxylation is 1. The van der Waals surface area contributed by atoms with Crippen LogP contribution in [0.3, 0.4) is 0 Å². The molecule has 0 aromatic carbocycles. The molecule has 110 valence electrons. The average Bonchev–Trinajstić information content (AvgIpc) is 2.69. The normalized spacial score (nSPS) is 14.2.